The maximum Gasteiger partial charge on any atom is 0.317 e. The third kappa shape index (κ3) is 3.69. The number of nitrogens with zero attached hydrogens (tertiary/aromatic N) is 4. The van der Waals surface area contributed by atoms with Crippen molar-refractivity contribution in [1.82, 2.24) is 25.2 Å². The molecule has 28 heavy (non-hydrogen) atoms. The lowest BCUT2D eigenvalue weighted by Crippen LogP contribution is -2.55. The molecular formula is C20H26N6OS. The van der Waals surface area contributed by atoms with Gasteiger partial charge >= 0.3 is 6.03 Å². The fraction of sp³-hybridized carbons (Fsp3) is 0.450. The molecule has 2 unspecified atom stereocenters. The molecule has 4 rings (SSSR count). The SMILES string of the molecule is CCC1CCN(C(=O)NCc2nccs2)CC1N(C)c1ccnc2[nH]ccc12. The molecule has 2 N–H and O–H groups in total. The van der Waals surface area contributed by atoms with Crippen LogP contribution in [0.15, 0.2) is 36.1 Å². The average molecular weight is 399 g/mol. The number of hydrogen-bond acceptors (Lipinski definition) is 5. The van der Waals surface area contributed by atoms with Gasteiger partial charge in [-0.15, -0.1) is 11.3 Å². The van der Waals surface area contributed by atoms with E-state index in [4.69, 9.17) is 0 Å². The second-order valence-corrected chi connectivity index (χ2v) is 8.21. The van der Waals surface area contributed by atoms with Crippen molar-refractivity contribution in [2.75, 3.05) is 25.0 Å². The highest BCUT2D eigenvalue weighted by atomic mass is 32.1. The molecule has 1 fully saturated rings. The molecule has 0 aliphatic carbocycles. The Balaban J connectivity index is 1.49. The van der Waals surface area contributed by atoms with Gasteiger partial charge in [0.25, 0.3) is 0 Å². The Morgan fingerprint density at radius 3 is 3.07 bits per heavy atom. The van der Waals surface area contributed by atoms with Crippen LogP contribution in [0.2, 0.25) is 0 Å². The van der Waals surface area contributed by atoms with Crippen molar-refractivity contribution >= 4 is 34.1 Å². The van der Waals surface area contributed by atoms with Crippen molar-refractivity contribution in [2.24, 2.45) is 5.92 Å². The van der Waals surface area contributed by atoms with E-state index in [0.717, 1.165) is 41.1 Å². The predicted molar refractivity (Wildman–Crippen MR) is 113 cm³/mol. The van der Waals surface area contributed by atoms with Gasteiger partial charge in [0.15, 0.2) is 0 Å². The van der Waals surface area contributed by atoms with Gasteiger partial charge in [0.2, 0.25) is 0 Å². The number of urea groups is 1. The Bertz CT molecular complexity index is 924. The van der Waals surface area contributed by atoms with E-state index in [1.807, 2.05) is 22.7 Å². The quantitative estimate of drug-likeness (QED) is 0.690. The van der Waals surface area contributed by atoms with Gasteiger partial charge in [-0.2, -0.15) is 0 Å². The zero-order chi connectivity index (χ0) is 19.5. The summed E-state index contributed by atoms with van der Waals surface area (Å²) in [4.78, 5) is 28.8. The number of aromatic nitrogens is 3. The first-order chi connectivity index (χ1) is 13.7. The van der Waals surface area contributed by atoms with E-state index < -0.39 is 0 Å². The molecule has 3 aromatic heterocycles. The zero-order valence-electron chi connectivity index (χ0n) is 16.3. The minimum atomic E-state index is -0.00956. The van der Waals surface area contributed by atoms with Crippen LogP contribution in [0.5, 0.6) is 0 Å². The maximum atomic E-state index is 12.7. The molecule has 2 amide bonds. The molecule has 0 aromatic carbocycles. The van der Waals surface area contributed by atoms with Gasteiger partial charge < -0.3 is 20.1 Å². The molecule has 4 heterocycles. The molecule has 7 nitrogen and oxygen atoms in total. The van der Waals surface area contributed by atoms with E-state index in [1.165, 1.54) is 0 Å². The van der Waals surface area contributed by atoms with Gasteiger partial charge in [-0.05, 0) is 24.5 Å². The Kier molecular flexibility index (Phi) is 5.47. The fourth-order valence-corrected chi connectivity index (χ4v) is 4.67. The number of carbonyl (C=O) groups excluding carboxylic acids is 1. The van der Waals surface area contributed by atoms with Crippen LogP contribution in [0.3, 0.4) is 0 Å². The number of carbonyl (C=O) groups is 1. The summed E-state index contributed by atoms with van der Waals surface area (Å²) in [7, 11) is 2.13. The van der Waals surface area contributed by atoms with Crippen LogP contribution >= 0.6 is 11.3 Å². The van der Waals surface area contributed by atoms with Crippen molar-refractivity contribution in [3.05, 3.63) is 41.1 Å². The molecule has 1 aliphatic rings. The Labute approximate surface area is 168 Å². The minimum Gasteiger partial charge on any atom is -0.369 e. The fourth-order valence-electron chi connectivity index (χ4n) is 4.12. The largest absolute Gasteiger partial charge is 0.369 e. The molecule has 1 aliphatic heterocycles. The van der Waals surface area contributed by atoms with Crippen LogP contribution < -0.4 is 10.2 Å². The lowest BCUT2D eigenvalue weighted by molar-refractivity contribution is 0.154. The van der Waals surface area contributed by atoms with E-state index in [-0.39, 0.29) is 12.1 Å². The summed E-state index contributed by atoms with van der Waals surface area (Å²) in [5.41, 5.74) is 2.05. The topological polar surface area (TPSA) is 77.2 Å². The normalized spacial score (nSPS) is 19.7. The summed E-state index contributed by atoms with van der Waals surface area (Å²) < 4.78 is 0. The zero-order valence-corrected chi connectivity index (χ0v) is 17.1. The van der Waals surface area contributed by atoms with E-state index in [0.29, 0.717) is 19.0 Å². The maximum absolute atomic E-state index is 12.7. The number of likely N-dealkylation sites (tertiary alicyclic amines) is 1. The van der Waals surface area contributed by atoms with Crippen LogP contribution in [-0.2, 0) is 6.54 Å². The lowest BCUT2D eigenvalue weighted by Gasteiger charge is -2.43. The van der Waals surface area contributed by atoms with Gasteiger partial charge in [0, 0.05) is 61.2 Å². The van der Waals surface area contributed by atoms with Crippen LogP contribution in [0.25, 0.3) is 11.0 Å². The molecule has 0 spiro atoms. The molecule has 3 aromatic rings. The highest BCUT2D eigenvalue weighted by Gasteiger charge is 2.33. The molecule has 148 valence electrons. The summed E-state index contributed by atoms with van der Waals surface area (Å²) in [5.74, 6) is 0.551. The van der Waals surface area contributed by atoms with Crippen LogP contribution in [-0.4, -0.2) is 52.1 Å². The number of nitrogens with one attached hydrogen (secondary N) is 2. The smallest absolute Gasteiger partial charge is 0.317 e. The number of anilines is 1. The van der Waals surface area contributed by atoms with Gasteiger partial charge in [0.1, 0.15) is 10.7 Å². The number of fused-ring (bicyclic) bond motifs is 1. The van der Waals surface area contributed by atoms with Gasteiger partial charge in [-0.25, -0.2) is 14.8 Å². The Hall–Kier alpha value is -2.61. The van der Waals surface area contributed by atoms with E-state index in [2.05, 4.69) is 51.3 Å². The van der Waals surface area contributed by atoms with Crippen LogP contribution in [0.4, 0.5) is 10.5 Å². The summed E-state index contributed by atoms with van der Waals surface area (Å²) in [6, 6.07) is 4.38. The molecule has 0 bridgehead atoms. The van der Waals surface area contributed by atoms with Crippen molar-refractivity contribution in [3.63, 3.8) is 0 Å². The first-order valence-corrected chi connectivity index (χ1v) is 10.6. The monoisotopic (exact) mass is 398 g/mol. The minimum absolute atomic E-state index is 0.00956. The number of aromatic amines is 1. The van der Waals surface area contributed by atoms with E-state index in [9.17, 15) is 4.79 Å². The lowest BCUT2D eigenvalue weighted by atomic mass is 9.88. The van der Waals surface area contributed by atoms with Crippen LogP contribution in [0, 0.1) is 5.92 Å². The first kappa shape index (κ1) is 18.7. The number of rotatable bonds is 5. The van der Waals surface area contributed by atoms with Gasteiger partial charge in [0.05, 0.1) is 6.54 Å². The average Bonchev–Trinajstić information content (AvgIpc) is 3.42. The summed E-state index contributed by atoms with van der Waals surface area (Å²) in [5, 5.41) is 6.98. The third-order valence-corrected chi connectivity index (χ3v) is 6.50. The second-order valence-electron chi connectivity index (χ2n) is 7.24. The molecule has 0 saturated carbocycles. The summed E-state index contributed by atoms with van der Waals surface area (Å²) in [6.07, 6.45) is 7.64. The number of amides is 2. The summed E-state index contributed by atoms with van der Waals surface area (Å²) in [6.45, 7) is 4.23. The molecule has 0 radical (unpaired) electrons. The number of piperidine rings is 1. The Morgan fingerprint density at radius 2 is 2.29 bits per heavy atom. The van der Waals surface area contributed by atoms with Crippen molar-refractivity contribution in [2.45, 2.75) is 32.4 Å². The summed E-state index contributed by atoms with van der Waals surface area (Å²) >= 11 is 1.56. The standard InChI is InChI=1S/C20H26N6OS/c1-3-14-6-10-26(20(27)24-12-18-21-9-11-28-18)13-17(14)25(2)16-5-8-23-19-15(16)4-7-22-19/h4-5,7-9,11,14,17H,3,6,10,12-13H2,1-2H3,(H,22,23)(H,24,27). The predicted octanol–water partition coefficient (Wildman–Crippen LogP) is 3.47. The molecular weight excluding hydrogens is 372 g/mol. The number of likely N-dealkylation sites (N-methyl/N-ethyl adjacent to an activating group) is 1. The Morgan fingerprint density at radius 1 is 1.39 bits per heavy atom. The molecule has 2 atom stereocenters. The van der Waals surface area contributed by atoms with Crippen molar-refractivity contribution < 1.29 is 4.79 Å². The van der Waals surface area contributed by atoms with Crippen molar-refractivity contribution in [3.8, 4) is 0 Å². The van der Waals surface area contributed by atoms with Crippen LogP contribution in [0.1, 0.15) is 24.8 Å². The van der Waals surface area contributed by atoms with E-state index in [1.54, 1.807) is 17.5 Å². The van der Waals surface area contributed by atoms with Gasteiger partial charge in [-0.1, -0.05) is 13.3 Å². The first-order valence-electron chi connectivity index (χ1n) is 9.73. The number of pyridine rings is 1. The molecule has 8 heteroatoms. The third-order valence-electron chi connectivity index (χ3n) is 5.72. The van der Waals surface area contributed by atoms with Crippen molar-refractivity contribution in [1.29, 1.82) is 0 Å². The number of hydrogen-bond donors (Lipinski definition) is 2. The van der Waals surface area contributed by atoms with E-state index >= 15 is 0 Å². The highest BCUT2D eigenvalue weighted by molar-refractivity contribution is 7.09. The highest BCUT2D eigenvalue weighted by Crippen LogP contribution is 2.31. The number of H-pyrrole nitrogens is 1. The second kappa shape index (κ2) is 8.18. The molecule has 1 saturated heterocycles. The number of thiazole rings is 1. The van der Waals surface area contributed by atoms with Gasteiger partial charge in [-0.3, -0.25) is 0 Å².